The molecular formula is C76H112N12O16. The monoisotopic (exact) mass is 1450 g/mol. The molecule has 3 aromatic carbocycles. The topological polar surface area (TPSA) is 365 Å². The number of primary amides is 1. The number of hydrogen-bond donors (Lipinski definition) is 8. The highest BCUT2D eigenvalue weighted by Crippen LogP contribution is 2.31. The summed E-state index contributed by atoms with van der Waals surface area (Å²) in [5.74, 6) is -6.10. The molecular weight excluding hydrogens is 1340 g/mol. The Labute approximate surface area is 612 Å². The van der Waals surface area contributed by atoms with Crippen LogP contribution in [0.15, 0.2) is 91.0 Å². The SMILES string of the molecule is CC[C@H](C)[C@@H]([C@@H](CC(=O)N1CCC[C@H]1[C@H](OC)[C@@H](C)C(=O)N[C@@H](Cc1ccccc1)C(=O)OC)OC)N(C)C(=O)[C@@H](NC(=O)[C@H](C(C)C)N(C)Cc1cccc(NC(=O)OCc2ccc(NC(=O)[C@H](CCCNC(N)=O)NC(=O)[C@@H](NC(=O)CCCCCN3C(=O)C=CC3=O)C(C)C)cc2)c1)C(C)C. The lowest BCUT2D eigenvalue weighted by Crippen LogP contribution is -2.60. The Balaban J connectivity index is 1.15. The van der Waals surface area contributed by atoms with Crippen LogP contribution in [-0.4, -0.2) is 200 Å². The zero-order chi connectivity index (χ0) is 76.9. The van der Waals surface area contributed by atoms with Gasteiger partial charge in [-0.25, -0.2) is 14.4 Å². The van der Waals surface area contributed by atoms with Crippen molar-refractivity contribution >= 4 is 82.6 Å². The largest absolute Gasteiger partial charge is 0.467 e. The van der Waals surface area contributed by atoms with Crippen LogP contribution >= 0.6 is 0 Å². The molecule has 28 heteroatoms. The number of rotatable bonds is 42. The number of ether oxygens (including phenoxy) is 4. The summed E-state index contributed by atoms with van der Waals surface area (Å²) in [6.07, 6.45) is 4.20. The minimum absolute atomic E-state index is 0.0842. The molecule has 11 atom stereocenters. The van der Waals surface area contributed by atoms with E-state index in [-0.39, 0.29) is 117 Å². The van der Waals surface area contributed by atoms with Crippen molar-refractivity contribution in [3.05, 3.63) is 108 Å². The van der Waals surface area contributed by atoms with E-state index in [0.29, 0.717) is 62.0 Å². The van der Waals surface area contributed by atoms with Gasteiger partial charge in [-0.15, -0.1) is 0 Å². The fourth-order valence-corrected chi connectivity index (χ4v) is 13.3. The van der Waals surface area contributed by atoms with Gasteiger partial charge in [-0.3, -0.25) is 58.3 Å². The molecule has 0 unspecified atom stereocenters. The molecule has 0 aliphatic carbocycles. The Morgan fingerprint density at radius 2 is 1.31 bits per heavy atom. The number of nitrogens with zero attached hydrogens (tertiary/aromatic N) is 4. The number of nitrogens with two attached hydrogens (primary N) is 1. The summed E-state index contributed by atoms with van der Waals surface area (Å²) in [4.78, 5) is 166. The van der Waals surface area contributed by atoms with Crippen molar-refractivity contribution in [2.45, 2.75) is 201 Å². The lowest BCUT2D eigenvalue weighted by molar-refractivity contribution is -0.149. The Morgan fingerprint density at radius 3 is 1.91 bits per heavy atom. The number of imide groups is 1. The van der Waals surface area contributed by atoms with Crippen LogP contribution in [-0.2, 0) is 86.5 Å². The second kappa shape index (κ2) is 42.5. The molecule has 9 N–H and O–H groups in total. The van der Waals surface area contributed by atoms with Crippen LogP contribution in [0.2, 0.25) is 0 Å². The summed E-state index contributed by atoms with van der Waals surface area (Å²) in [5.41, 5.74) is 8.23. The summed E-state index contributed by atoms with van der Waals surface area (Å²) in [6, 6.07) is 16.4. The van der Waals surface area contributed by atoms with E-state index in [9.17, 15) is 57.5 Å². The summed E-state index contributed by atoms with van der Waals surface area (Å²) >= 11 is 0. The highest BCUT2D eigenvalue weighted by Gasteiger charge is 2.44. The predicted molar refractivity (Wildman–Crippen MR) is 392 cm³/mol. The highest BCUT2D eigenvalue weighted by molar-refractivity contribution is 6.12. The van der Waals surface area contributed by atoms with E-state index in [1.54, 1.807) is 80.1 Å². The maximum atomic E-state index is 14.9. The average molecular weight is 1450 g/mol. The lowest BCUT2D eigenvalue weighted by atomic mass is 9.89. The van der Waals surface area contributed by atoms with Gasteiger partial charge in [0.25, 0.3) is 11.8 Å². The third-order valence-corrected chi connectivity index (χ3v) is 19.2. The number of carbonyl (C=O) groups is 12. The molecule has 0 aromatic heterocycles. The van der Waals surface area contributed by atoms with E-state index in [0.717, 1.165) is 16.0 Å². The molecule has 2 heterocycles. The van der Waals surface area contributed by atoms with Crippen molar-refractivity contribution in [2.75, 3.05) is 65.7 Å². The Kier molecular flexibility index (Phi) is 34.9. The summed E-state index contributed by atoms with van der Waals surface area (Å²) in [5, 5.41) is 19.5. The van der Waals surface area contributed by atoms with Crippen molar-refractivity contribution in [2.24, 2.45) is 35.3 Å². The molecule has 12 amide bonds. The van der Waals surface area contributed by atoms with Crippen LogP contribution < -0.4 is 43.0 Å². The van der Waals surface area contributed by atoms with E-state index < -0.39 is 96.2 Å². The van der Waals surface area contributed by atoms with Gasteiger partial charge in [0.1, 0.15) is 30.8 Å². The second-order valence-corrected chi connectivity index (χ2v) is 28.0. The van der Waals surface area contributed by atoms with Gasteiger partial charge < -0.3 is 66.4 Å². The number of likely N-dealkylation sites (N-methyl/N-ethyl adjacent to an activating group) is 2. The number of hydrogen-bond acceptors (Lipinski definition) is 17. The first-order chi connectivity index (χ1) is 49.4. The van der Waals surface area contributed by atoms with Crippen LogP contribution in [0.25, 0.3) is 0 Å². The first-order valence-electron chi connectivity index (χ1n) is 36.1. The molecule has 3 aromatic rings. The Morgan fingerprint density at radius 1 is 0.654 bits per heavy atom. The zero-order valence-corrected chi connectivity index (χ0v) is 63.0. The van der Waals surface area contributed by atoms with E-state index in [2.05, 4.69) is 37.2 Å². The number of anilines is 2. The molecule has 5 rings (SSSR count). The molecule has 1 fully saturated rings. The van der Waals surface area contributed by atoms with Crippen LogP contribution in [0, 0.1) is 29.6 Å². The van der Waals surface area contributed by atoms with Gasteiger partial charge in [0, 0.05) is 83.8 Å². The molecule has 0 spiro atoms. The van der Waals surface area contributed by atoms with Gasteiger partial charge in [-0.05, 0) is 110 Å². The number of likely N-dealkylation sites (tertiary alicyclic amines) is 1. The molecule has 2 aliphatic rings. The number of amides is 12. The first-order valence-corrected chi connectivity index (χ1v) is 36.1. The second-order valence-electron chi connectivity index (χ2n) is 28.0. The van der Waals surface area contributed by atoms with Crippen molar-refractivity contribution < 1.29 is 76.5 Å². The smallest absolute Gasteiger partial charge is 0.411 e. The molecule has 28 nitrogen and oxygen atoms in total. The molecule has 1 saturated heterocycles. The normalized spacial score (nSPS) is 16.5. The fraction of sp³-hybridized carbons (Fsp3) is 0.579. The number of esters is 1. The fourth-order valence-electron chi connectivity index (χ4n) is 13.3. The number of benzene rings is 3. The van der Waals surface area contributed by atoms with E-state index >= 15 is 0 Å². The van der Waals surface area contributed by atoms with E-state index in [1.165, 1.54) is 33.5 Å². The maximum Gasteiger partial charge on any atom is 0.411 e. The molecule has 0 radical (unpaired) electrons. The number of urea groups is 1. The first kappa shape index (κ1) is 85.4. The quantitative estimate of drug-likeness (QED) is 0.0174. The van der Waals surface area contributed by atoms with Gasteiger partial charge in [0.05, 0.1) is 49.8 Å². The number of unbranched alkanes of at least 4 members (excludes halogenated alkanes) is 2. The number of carbonyl (C=O) groups excluding carboxylic acids is 12. The van der Waals surface area contributed by atoms with Gasteiger partial charge in [0.2, 0.25) is 41.4 Å². The van der Waals surface area contributed by atoms with Crippen molar-refractivity contribution in [1.82, 2.24) is 46.2 Å². The van der Waals surface area contributed by atoms with Crippen molar-refractivity contribution in [3.63, 3.8) is 0 Å². The van der Waals surface area contributed by atoms with Gasteiger partial charge in [-0.2, -0.15) is 0 Å². The molecule has 104 heavy (non-hydrogen) atoms. The van der Waals surface area contributed by atoms with Gasteiger partial charge in [0.15, 0.2) is 0 Å². The van der Waals surface area contributed by atoms with Gasteiger partial charge in [-0.1, -0.05) is 130 Å². The summed E-state index contributed by atoms with van der Waals surface area (Å²) in [6.45, 7) is 17.7. The third kappa shape index (κ3) is 25.8. The maximum absolute atomic E-state index is 14.9. The standard InChI is InChI=1S/C76H112N12O16/c1-15-49(8)67(59(101-12)43-63(92)87-40-24-30-58(87)68(102-13)50(9)69(93)82-57(74(98)103-14)42-51-25-18-16-19-26-51)86(11)73(97)65(47(4)5)84-72(96)66(48(6)7)85(10)44-53-27-22-28-55(41-53)80-76(100)104-45-52-32-34-54(35-33-52)79-70(94)56(29-23-38-78-75(77)99)81-71(95)64(46(2)3)83-60(89)31-20-17-21-39-88-61(90)36-37-62(88)91/h16,18-19,22,25-28,32-37,41,46-50,56-59,64-68H,15,17,20-21,23-24,29-31,38-40,42-45H2,1-14H3,(H,79,94)(H,80,100)(H,81,95)(H,82,93)(H,83,89)(H,84,96)(H3,77,78,99)/t49-,50+,56-,57-,58-,59+,64-,65-,66-,67-,68+/m0/s1. The minimum atomic E-state index is -1.09. The minimum Gasteiger partial charge on any atom is -0.467 e. The Bertz CT molecular complexity index is 3390. The molecule has 0 bridgehead atoms. The van der Waals surface area contributed by atoms with Gasteiger partial charge >= 0.3 is 18.1 Å². The molecule has 2 aliphatic heterocycles. The third-order valence-electron chi connectivity index (χ3n) is 19.2. The van der Waals surface area contributed by atoms with Crippen LogP contribution in [0.3, 0.4) is 0 Å². The lowest BCUT2D eigenvalue weighted by Gasteiger charge is -2.41. The zero-order valence-electron chi connectivity index (χ0n) is 63.0. The highest BCUT2D eigenvalue weighted by atomic mass is 16.5. The molecule has 572 valence electrons. The summed E-state index contributed by atoms with van der Waals surface area (Å²) < 4.78 is 22.7. The Hall–Kier alpha value is -9.28. The number of methoxy groups -OCH3 is 3. The number of nitrogens with one attached hydrogen (secondary N) is 7. The molecule has 0 saturated carbocycles. The predicted octanol–water partition coefficient (Wildman–Crippen LogP) is 6.35. The van der Waals surface area contributed by atoms with E-state index in [1.807, 2.05) is 89.9 Å². The summed E-state index contributed by atoms with van der Waals surface area (Å²) in [7, 11) is 7.78. The van der Waals surface area contributed by atoms with Crippen LogP contribution in [0.5, 0.6) is 0 Å². The van der Waals surface area contributed by atoms with Crippen LogP contribution in [0.1, 0.15) is 143 Å². The van der Waals surface area contributed by atoms with E-state index in [4.69, 9.17) is 24.7 Å². The van der Waals surface area contributed by atoms with Crippen LogP contribution in [0.4, 0.5) is 21.0 Å². The van der Waals surface area contributed by atoms with Crippen molar-refractivity contribution in [1.29, 1.82) is 0 Å². The van der Waals surface area contributed by atoms with Crippen molar-refractivity contribution in [3.8, 4) is 0 Å². The average Bonchev–Trinajstić information content (AvgIpc) is 1.55.